The van der Waals surface area contributed by atoms with Crippen molar-refractivity contribution in [3.05, 3.63) is 0 Å². The zero-order valence-corrected chi connectivity index (χ0v) is 7.70. The molecule has 0 amide bonds. The van der Waals surface area contributed by atoms with Crippen LogP contribution in [0.4, 0.5) is 0 Å². The summed E-state index contributed by atoms with van der Waals surface area (Å²) < 4.78 is 0. The lowest BCUT2D eigenvalue weighted by molar-refractivity contribution is 0.426. The molecule has 0 bridgehead atoms. The highest BCUT2D eigenvalue weighted by Gasteiger charge is 2.16. The van der Waals surface area contributed by atoms with Crippen LogP contribution in [-0.4, -0.2) is 22.1 Å². The molecular formula is C6H17N2OSi. The third-order valence-electron chi connectivity index (χ3n) is 1.74. The summed E-state index contributed by atoms with van der Waals surface area (Å²) in [5.74, 6) is 0. The molecule has 0 spiro atoms. The zero-order chi connectivity index (χ0) is 7.98. The minimum Gasteiger partial charge on any atom is -0.330 e. The lowest BCUT2D eigenvalue weighted by Gasteiger charge is -2.14. The maximum absolute atomic E-state index is 11.0. The molecular weight excluding hydrogens is 144 g/mol. The first-order chi connectivity index (χ1) is 4.72. The van der Waals surface area contributed by atoms with Gasteiger partial charge < -0.3 is 16.3 Å². The van der Waals surface area contributed by atoms with E-state index in [2.05, 4.69) is 0 Å². The van der Waals surface area contributed by atoms with Gasteiger partial charge in [0.2, 0.25) is 9.04 Å². The monoisotopic (exact) mass is 161 g/mol. The normalized spacial score (nSPS) is 14.1. The highest BCUT2D eigenvalue weighted by molar-refractivity contribution is 6.50. The first kappa shape index (κ1) is 10.1. The summed E-state index contributed by atoms with van der Waals surface area (Å²) in [7, 11) is -1.73. The second-order valence-corrected chi connectivity index (χ2v) is 4.97. The SMILES string of the molecule is C[SiH]([O])C(CCN)CCN. The van der Waals surface area contributed by atoms with Crippen molar-refractivity contribution in [3.8, 4) is 0 Å². The summed E-state index contributed by atoms with van der Waals surface area (Å²) in [4.78, 5) is 11.0. The van der Waals surface area contributed by atoms with Crippen molar-refractivity contribution < 1.29 is 4.80 Å². The molecule has 0 aliphatic heterocycles. The van der Waals surface area contributed by atoms with Gasteiger partial charge in [0.05, 0.1) is 0 Å². The lowest BCUT2D eigenvalue weighted by atomic mass is 10.2. The fraction of sp³-hybridized carbons (Fsp3) is 1.00. The first-order valence-corrected chi connectivity index (χ1v) is 6.07. The van der Waals surface area contributed by atoms with Crippen molar-refractivity contribution in [3.63, 3.8) is 0 Å². The Morgan fingerprint density at radius 2 is 1.70 bits per heavy atom. The third-order valence-corrected chi connectivity index (χ3v) is 3.73. The van der Waals surface area contributed by atoms with E-state index < -0.39 is 9.04 Å². The zero-order valence-electron chi connectivity index (χ0n) is 6.55. The molecule has 1 radical (unpaired) electrons. The number of nitrogens with two attached hydrogens (primary N) is 2. The summed E-state index contributed by atoms with van der Waals surface area (Å²) in [5.41, 5.74) is 11.0. The Bertz CT molecular complexity index is 74.1. The van der Waals surface area contributed by atoms with Crippen LogP contribution in [0.5, 0.6) is 0 Å². The highest BCUT2D eigenvalue weighted by Crippen LogP contribution is 2.16. The van der Waals surface area contributed by atoms with Crippen LogP contribution in [0.15, 0.2) is 0 Å². The van der Waals surface area contributed by atoms with Crippen LogP contribution >= 0.6 is 0 Å². The van der Waals surface area contributed by atoms with Gasteiger partial charge in [-0.25, -0.2) is 0 Å². The van der Waals surface area contributed by atoms with Gasteiger partial charge in [-0.1, -0.05) is 0 Å². The molecule has 0 aliphatic rings. The smallest absolute Gasteiger partial charge is 0.222 e. The van der Waals surface area contributed by atoms with Gasteiger partial charge in [0.15, 0.2) is 0 Å². The Balaban J connectivity index is 3.50. The molecule has 3 nitrogen and oxygen atoms in total. The largest absolute Gasteiger partial charge is 0.330 e. The molecule has 1 atom stereocenters. The van der Waals surface area contributed by atoms with Crippen molar-refractivity contribution in [2.45, 2.75) is 24.9 Å². The molecule has 10 heavy (non-hydrogen) atoms. The maximum Gasteiger partial charge on any atom is 0.222 e. The summed E-state index contributed by atoms with van der Waals surface area (Å²) in [6, 6.07) is 0. The quantitative estimate of drug-likeness (QED) is 0.550. The molecule has 4 N–H and O–H groups in total. The number of hydrogen-bond acceptors (Lipinski definition) is 2. The predicted molar refractivity (Wildman–Crippen MR) is 44.8 cm³/mol. The van der Waals surface area contributed by atoms with E-state index in [9.17, 15) is 4.80 Å². The van der Waals surface area contributed by atoms with E-state index in [-0.39, 0.29) is 0 Å². The van der Waals surface area contributed by atoms with E-state index in [1.807, 2.05) is 6.55 Å². The third kappa shape index (κ3) is 4.00. The molecule has 61 valence electrons. The van der Waals surface area contributed by atoms with Crippen molar-refractivity contribution in [2.24, 2.45) is 11.5 Å². The first-order valence-electron chi connectivity index (χ1n) is 3.78. The van der Waals surface area contributed by atoms with Crippen LogP contribution in [0.2, 0.25) is 12.1 Å². The van der Waals surface area contributed by atoms with Crippen LogP contribution in [0.1, 0.15) is 12.8 Å². The summed E-state index contributed by atoms with van der Waals surface area (Å²) >= 11 is 0. The van der Waals surface area contributed by atoms with E-state index in [4.69, 9.17) is 11.5 Å². The molecule has 0 saturated carbocycles. The van der Waals surface area contributed by atoms with Crippen molar-refractivity contribution >= 4 is 9.04 Å². The summed E-state index contributed by atoms with van der Waals surface area (Å²) in [6.07, 6.45) is 1.74. The molecule has 0 aromatic carbocycles. The average Bonchev–Trinajstić information content (AvgIpc) is 1.87. The minimum atomic E-state index is -1.73. The van der Waals surface area contributed by atoms with Crippen LogP contribution in [0, 0.1) is 0 Å². The molecule has 0 aliphatic carbocycles. The van der Waals surface area contributed by atoms with E-state index >= 15 is 0 Å². The van der Waals surface area contributed by atoms with Gasteiger partial charge in [-0.05, 0) is 38.0 Å². The van der Waals surface area contributed by atoms with E-state index in [1.165, 1.54) is 0 Å². The second kappa shape index (κ2) is 5.85. The maximum atomic E-state index is 11.0. The molecule has 0 saturated heterocycles. The second-order valence-electron chi connectivity index (χ2n) is 2.62. The van der Waals surface area contributed by atoms with Gasteiger partial charge in [-0.15, -0.1) is 0 Å². The van der Waals surface area contributed by atoms with Crippen LogP contribution in [-0.2, 0) is 4.80 Å². The van der Waals surface area contributed by atoms with Crippen LogP contribution in [0.3, 0.4) is 0 Å². The van der Waals surface area contributed by atoms with Gasteiger partial charge in [-0.2, -0.15) is 0 Å². The van der Waals surface area contributed by atoms with Gasteiger partial charge >= 0.3 is 0 Å². The molecule has 0 heterocycles. The topological polar surface area (TPSA) is 71.9 Å². The Kier molecular flexibility index (Phi) is 5.91. The fourth-order valence-corrected chi connectivity index (χ4v) is 2.37. The van der Waals surface area contributed by atoms with Crippen LogP contribution < -0.4 is 11.5 Å². The molecule has 4 heteroatoms. The van der Waals surface area contributed by atoms with Crippen molar-refractivity contribution in [1.82, 2.24) is 0 Å². The van der Waals surface area contributed by atoms with E-state index in [0.29, 0.717) is 18.6 Å². The van der Waals surface area contributed by atoms with Crippen molar-refractivity contribution in [2.75, 3.05) is 13.1 Å². The van der Waals surface area contributed by atoms with Gasteiger partial charge in [0, 0.05) is 0 Å². The molecule has 0 aromatic heterocycles. The number of rotatable bonds is 5. The molecule has 0 rings (SSSR count). The fourth-order valence-electron chi connectivity index (χ4n) is 1.04. The van der Waals surface area contributed by atoms with Gasteiger partial charge in [0.1, 0.15) is 0 Å². The summed E-state index contributed by atoms with van der Waals surface area (Å²) in [5, 5.41) is 0. The van der Waals surface area contributed by atoms with Gasteiger partial charge in [0.25, 0.3) is 0 Å². The molecule has 0 aromatic rings. The van der Waals surface area contributed by atoms with Gasteiger partial charge in [-0.3, -0.25) is 0 Å². The molecule has 1 unspecified atom stereocenters. The highest BCUT2D eigenvalue weighted by atomic mass is 28.3. The van der Waals surface area contributed by atoms with Crippen LogP contribution in [0.25, 0.3) is 0 Å². The average molecular weight is 161 g/mol. The minimum absolute atomic E-state index is 0.315. The Hall–Kier alpha value is 0.0969. The Labute approximate surface area is 64.1 Å². The van der Waals surface area contributed by atoms with Crippen molar-refractivity contribution in [1.29, 1.82) is 0 Å². The van der Waals surface area contributed by atoms with E-state index in [1.54, 1.807) is 0 Å². The Morgan fingerprint density at radius 3 is 1.90 bits per heavy atom. The predicted octanol–water partition coefficient (Wildman–Crippen LogP) is -0.162. The summed E-state index contributed by atoms with van der Waals surface area (Å²) in [6.45, 7) is 3.07. The molecule has 0 fully saturated rings. The van der Waals surface area contributed by atoms with E-state index in [0.717, 1.165) is 12.8 Å². The lowest BCUT2D eigenvalue weighted by Crippen LogP contribution is -2.20. The standard InChI is InChI=1S/C6H17N2OSi/c1-10(9)6(2-4-7)3-5-8/h6,10H,2-5,7-8H2,1H3. The number of hydrogen-bond donors (Lipinski definition) is 2. The Morgan fingerprint density at radius 1 is 1.30 bits per heavy atom.